The van der Waals surface area contributed by atoms with E-state index in [4.69, 9.17) is 5.11 Å². The standard InChI is InChI=1S/C13H16N2O4/c1-15(9-11(16)14-8-7-12(17)18)13(19)10-5-3-2-4-6-10/h2-6H,7-9H2,1H3,(H,14,16)(H,17,18). The van der Waals surface area contributed by atoms with E-state index in [9.17, 15) is 14.4 Å². The zero-order chi connectivity index (χ0) is 14.3. The van der Waals surface area contributed by atoms with Crippen molar-refractivity contribution in [2.24, 2.45) is 0 Å². The van der Waals surface area contributed by atoms with Gasteiger partial charge in [-0.2, -0.15) is 0 Å². The van der Waals surface area contributed by atoms with Crippen LogP contribution in [0.15, 0.2) is 30.3 Å². The number of carbonyl (C=O) groups excluding carboxylic acids is 2. The number of carboxylic acids is 1. The fourth-order valence-corrected chi connectivity index (χ4v) is 1.45. The van der Waals surface area contributed by atoms with E-state index in [1.165, 1.54) is 11.9 Å². The maximum absolute atomic E-state index is 11.9. The Morgan fingerprint density at radius 1 is 1.21 bits per heavy atom. The fourth-order valence-electron chi connectivity index (χ4n) is 1.45. The summed E-state index contributed by atoms with van der Waals surface area (Å²) in [6, 6.07) is 8.62. The van der Waals surface area contributed by atoms with Crippen LogP contribution in [-0.2, 0) is 9.59 Å². The van der Waals surface area contributed by atoms with Gasteiger partial charge in [-0.15, -0.1) is 0 Å². The molecule has 0 aliphatic heterocycles. The molecule has 1 aromatic carbocycles. The number of rotatable bonds is 6. The maximum Gasteiger partial charge on any atom is 0.305 e. The third-order valence-electron chi connectivity index (χ3n) is 2.41. The molecule has 0 radical (unpaired) electrons. The average molecular weight is 264 g/mol. The van der Waals surface area contributed by atoms with E-state index in [-0.39, 0.29) is 31.3 Å². The summed E-state index contributed by atoms with van der Waals surface area (Å²) in [5.41, 5.74) is 0.503. The molecule has 19 heavy (non-hydrogen) atoms. The highest BCUT2D eigenvalue weighted by Crippen LogP contribution is 2.02. The summed E-state index contributed by atoms with van der Waals surface area (Å²) in [4.78, 5) is 35.0. The van der Waals surface area contributed by atoms with Gasteiger partial charge in [-0.25, -0.2) is 0 Å². The SMILES string of the molecule is CN(CC(=O)NCCC(=O)O)C(=O)c1ccccc1. The average Bonchev–Trinajstić information content (AvgIpc) is 2.38. The highest BCUT2D eigenvalue weighted by atomic mass is 16.4. The van der Waals surface area contributed by atoms with Crippen molar-refractivity contribution in [2.75, 3.05) is 20.1 Å². The van der Waals surface area contributed by atoms with Gasteiger partial charge in [0, 0.05) is 19.2 Å². The van der Waals surface area contributed by atoms with Crippen molar-refractivity contribution in [1.82, 2.24) is 10.2 Å². The van der Waals surface area contributed by atoms with Gasteiger partial charge in [0.05, 0.1) is 13.0 Å². The van der Waals surface area contributed by atoms with Crippen molar-refractivity contribution in [1.29, 1.82) is 0 Å². The molecule has 0 heterocycles. The highest BCUT2D eigenvalue weighted by molar-refractivity contribution is 5.96. The van der Waals surface area contributed by atoms with Gasteiger partial charge in [-0.1, -0.05) is 18.2 Å². The molecule has 6 nitrogen and oxygen atoms in total. The van der Waals surface area contributed by atoms with Crippen molar-refractivity contribution < 1.29 is 19.5 Å². The van der Waals surface area contributed by atoms with Crippen LogP contribution in [0, 0.1) is 0 Å². The number of hydrogen-bond acceptors (Lipinski definition) is 3. The van der Waals surface area contributed by atoms with E-state index in [2.05, 4.69) is 5.32 Å². The van der Waals surface area contributed by atoms with Gasteiger partial charge in [-0.05, 0) is 12.1 Å². The first-order valence-corrected chi connectivity index (χ1v) is 5.79. The van der Waals surface area contributed by atoms with Crippen LogP contribution in [0.25, 0.3) is 0 Å². The molecule has 2 amide bonds. The summed E-state index contributed by atoms with van der Waals surface area (Å²) in [6.07, 6.45) is -0.137. The van der Waals surface area contributed by atoms with Gasteiger partial charge in [0.2, 0.25) is 5.91 Å². The Hall–Kier alpha value is -2.37. The third-order valence-corrected chi connectivity index (χ3v) is 2.41. The van der Waals surface area contributed by atoms with E-state index in [0.29, 0.717) is 5.56 Å². The first kappa shape index (κ1) is 14.7. The van der Waals surface area contributed by atoms with Crippen LogP contribution in [0.1, 0.15) is 16.8 Å². The molecule has 0 aliphatic rings. The summed E-state index contributed by atoms with van der Waals surface area (Å²) in [7, 11) is 1.52. The number of hydrogen-bond donors (Lipinski definition) is 2. The molecule has 2 N–H and O–H groups in total. The minimum atomic E-state index is -0.978. The molecule has 0 unspecified atom stereocenters. The maximum atomic E-state index is 11.9. The van der Waals surface area contributed by atoms with E-state index < -0.39 is 5.97 Å². The molecule has 1 rings (SSSR count). The Bertz CT molecular complexity index is 459. The molecule has 0 bridgehead atoms. The van der Waals surface area contributed by atoms with Crippen LogP contribution in [-0.4, -0.2) is 47.9 Å². The monoisotopic (exact) mass is 264 g/mol. The van der Waals surface area contributed by atoms with Crippen LogP contribution >= 0.6 is 0 Å². The number of amides is 2. The predicted octanol–water partition coefficient (Wildman–Crippen LogP) is 0.350. The largest absolute Gasteiger partial charge is 0.481 e. The zero-order valence-electron chi connectivity index (χ0n) is 10.6. The number of aliphatic carboxylic acids is 1. The summed E-state index contributed by atoms with van der Waals surface area (Å²) >= 11 is 0. The van der Waals surface area contributed by atoms with Crippen molar-refractivity contribution >= 4 is 17.8 Å². The van der Waals surface area contributed by atoms with Crippen LogP contribution in [0.3, 0.4) is 0 Å². The highest BCUT2D eigenvalue weighted by Gasteiger charge is 2.14. The Morgan fingerprint density at radius 3 is 2.42 bits per heavy atom. The summed E-state index contributed by atoms with van der Waals surface area (Å²) < 4.78 is 0. The molecule has 0 spiro atoms. The molecule has 0 aliphatic carbocycles. The molecule has 0 saturated carbocycles. The second kappa shape index (κ2) is 7.15. The Labute approximate surface area is 111 Å². The topological polar surface area (TPSA) is 86.7 Å². The number of carboxylic acid groups (broad SMARTS) is 1. The van der Waals surface area contributed by atoms with Gasteiger partial charge in [0.25, 0.3) is 5.91 Å². The first-order chi connectivity index (χ1) is 9.00. The van der Waals surface area contributed by atoms with Crippen molar-refractivity contribution in [3.63, 3.8) is 0 Å². The Kier molecular flexibility index (Phi) is 5.53. The minimum absolute atomic E-state index is 0.0571. The molecule has 102 valence electrons. The number of nitrogens with zero attached hydrogens (tertiary/aromatic N) is 1. The molecule has 0 aromatic heterocycles. The van der Waals surface area contributed by atoms with Gasteiger partial charge < -0.3 is 15.3 Å². The number of carbonyl (C=O) groups is 3. The quantitative estimate of drug-likeness (QED) is 0.776. The zero-order valence-corrected chi connectivity index (χ0v) is 10.6. The van der Waals surface area contributed by atoms with Gasteiger partial charge in [-0.3, -0.25) is 14.4 Å². The van der Waals surface area contributed by atoms with E-state index in [1.54, 1.807) is 30.3 Å². The van der Waals surface area contributed by atoms with Crippen LogP contribution in [0.4, 0.5) is 0 Å². The molecular formula is C13H16N2O4. The number of likely N-dealkylation sites (N-methyl/N-ethyl adjacent to an activating group) is 1. The Balaban J connectivity index is 2.42. The van der Waals surface area contributed by atoms with Crippen LogP contribution in [0.5, 0.6) is 0 Å². The Morgan fingerprint density at radius 2 is 1.84 bits per heavy atom. The lowest BCUT2D eigenvalue weighted by Gasteiger charge is -2.16. The number of benzene rings is 1. The molecule has 0 atom stereocenters. The van der Waals surface area contributed by atoms with E-state index >= 15 is 0 Å². The van der Waals surface area contributed by atoms with Crippen LogP contribution in [0.2, 0.25) is 0 Å². The van der Waals surface area contributed by atoms with Crippen molar-refractivity contribution in [3.8, 4) is 0 Å². The third kappa shape index (κ3) is 5.20. The first-order valence-electron chi connectivity index (χ1n) is 5.79. The van der Waals surface area contributed by atoms with E-state index in [1.807, 2.05) is 0 Å². The smallest absolute Gasteiger partial charge is 0.305 e. The van der Waals surface area contributed by atoms with Crippen LogP contribution < -0.4 is 5.32 Å². The molecule has 6 heteroatoms. The summed E-state index contributed by atoms with van der Waals surface area (Å²) in [6.45, 7) is -0.0467. The fraction of sp³-hybridized carbons (Fsp3) is 0.308. The second-order valence-electron chi connectivity index (χ2n) is 4.02. The molecule has 0 saturated heterocycles. The van der Waals surface area contributed by atoms with Gasteiger partial charge in [0.15, 0.2) is 0 Å². The second-order valence-corrected chi connectivity index (χ2v) is 4.02. The number of nitrogens with one attached hydrogen (secondary N) is 1. The van der Waals surface area contributed by atoms with E-state index in [0.717, 1.165) is 0 Å². The lowest BCUT2D eigenvalue weighted by Crippen LogP contribution is -2.39. The lowest BCUT2D eigenvalue weighted by atomic mass is 10.2. The molecule has 1 aromatic rings. The normalized spacial score (nSPS) is 9.74. The summed E-state index contributed by atoms with van der Waals surface area (Å²) in [5.74, 6) is -1.61. The van der Waals surface area contributed by atoms with Gasteiger partial charge >= 0.3 is 5.97 Å². The minimum Gasteiger partial charge on any atom is -0.481 e. The molecule has 0 fully saturated rings. The lowest BCUT2D eigenvalue weighted by molar-refractivity contribution is -0.136. The molecular weight excluding hydrogens is 248 g/mol. The predicted molar refractivity (Wildman–Crippen MR) is 68.7 cm³/mol. The summed E-state index contributed by atoms with van der Waals surface area (Å²) in [5, 5.41) is 10.9. The van der Waals surface area contributed by atoms with Crippen molar-refractivity contribution in [2.45, 2.75) is 6.42 Å². The van der Waals surface area contributed by atoms with Gasteiger partial charge in [0.1, 0.15) is 0 Å². The van der Waals surface area contributed by atoms with Crippen molar-refractivity contribution in [3.05, 3.63) is 35.9 Å².